The molecule has 12 heteroatoms. The van der Waals surface area contributed by atoms with Crippen molar-refractivity contribution in [1.82, 2.24) is 14.5 Å². The molecule has 2 heterocycles. The number of nitrogens with one attached hydrogen (secondary N) is 2. The predicted octanol–water partition coefficient (Wildman–Crippen LogP) is 3.74. The molecule has 2 aliphatic rings. The summed E-state index contributed by atoms with van der Waals surface area (Å²) in [6, 6.07) is 7.48. The largest absolute Gasteiger partial charge is 0.488 e. The molecule has 1 fully saturated rings. The molecule has 3 amide bonds. The summed E-state index contributed by atoms with van der Waals surface area (Å²) in [5, 5.41) is 17.4. The van der Waals surface area contributed by atoms with Crippen LogP contribution in [0, 0.1) is 5.92 Å². The number of rotatable bonds is 8. The number of anilines is 1. The average Bonchev–Trinajstić information content (AvgIpc) is 3.47. The first-order chi connectivity index (χ1) is 18.6. The van der Waals surface area contributed by atoms with Gasteiger partial charge in [-0.25, -0.2) is 13.2 Å². The number of carbonyl (C=O) groups is 2. The maximum atomic E-state index is 13.6. The van der Waals surface area contributed by atoms with Gasteiger partial charge in [0.15, 0.2) is 0 Å². The zero-order chi connectivity index (χ0) is 28.2. The molecule has 10 nitrogen and oxygen atoms in total. The predicted molar refractivity (Wildman–Crippen MR) is 151 cm³/mol. The first-order valence-electron chi connectivity index (χ1n) is 13.4. The molecule has 1 saturated carbocycles. The third-order valence-corrected chi connectivity index (χ3v) is 10.7. The maximum absolute atomic E-state index is 13.6. The summed E-state index contributed by atoms with van der Waals surface area (Å²) < 4.78 is 34.0. The highest BCUT2D eigenvalue weighted by atomic mass is 32.2. The third-order valence-electron chi connectivity index (χ3n) is 7.46. The summed E-state index contributed by atoms with van der Waals surface area (Å²) in [5.41, 5.74) is 0.685. The fraction of sp³-hybridized carbons (Fsp3) is 0.556. The lowest BCUT2D eigenvalue weighted by atomic mass is 9.96. The molecule has 4 rings (SSSR count). The smallest absolute Gasteiger partial charge is 0.319 e. The summed E-state index contributed by atoms with van der Waals surface area (Å²) in [6.45, 7) is 3.76. The number of likely N-dealkylation sites (N-methyl/N-ethyl adjacent to an activating group) is 1. The number of fused-ring (bicyclic) bond motifs is 1. The summed E-state index contributed by atoms with van der Waals surface area (Å²) in [7, 11) is -2.18. The fourth-order valence-corrected chi connectivity index (χ4v) is 7.42. The molecule has 1 aliphatic heterocycles. The van der Waals surface area contributed by atoms with Crippen LogP contribution >= 0.6 is 11.3 Å². The molecule has 2 aromatic rings. The van der Waals surface area contributed by atoms with E-state index in [2.05, 4.69) is 10.6 Å². The Morgan fingerprint density at radius 3 is 2.67 bits per heavy atom. The van der Waals surface area contributed by atoms with E-state index in [1.54, 1.807) is 47.5 Å². The standard InChI is InChI=1S/C27H38N4O6S2/c1-18-15-31(19(2)17-32)26(33)22-14-21(29-27(34)28-20-8-5-4-6-9-20)11-12-23(22)37-24(18)16-30(3)39(35,36)25-10-7-13-38-25/h7,10-14,18-20,24,32H,4-6,8-9,15-17H2,1-3H3,(H2,28,29,34)/t18-,19?,24-/m1/s1. The SMILES string of the molecule is CC(CO)N1C[C@@H](C)[C@@H](CN(C)S(=O)(=O)c2cccs2)Oc2ccc(NC(=O)NC3CCCCC3)cc2C1=O. The maximum Gasteiger partial charge on any atom is 0.319 e. The van der Waals surface area contributed by atoms with Crippen LogP contribution in [-0.2, 0) is 10.0 Å². The minimum absolute atomic E-state index is 0.0696. The van der Waals surface area contributed by atoms with Crippen LogP contribution in [0.1, 0.15) is 56.3 Å². The van der Waals surface area contributed by atoms with Gasteiger partial charge in [0.2, 0.25) is 0 Å². The van der Waals surface area contributed by atoms with Gasteiger partial charge < -0.3 is 25.4 Å². The third kappa shape index (κ3) is 6.92. The van der Waals surface area contributed by atoms with Gasteiger partial charge in [-0.2, -0.15) is 4.31 Å². The number of aliphatic hydroxyl groups is 1. The monoisotopic (exact) mass is 578 g/mol. The molecule has 214 valence electrons. The summed E-state index contributed by atoms with van der Waals surface area (Å²) in [4.78, 5) is 27.9. The molecular weight excluding hydrogens is 540 g/mol. The first kappa shape index (κ1) is 29.3. The van der Waals surface area contributed by atoms with Gasteiger partial charge in [0, 0.05) is 31.2 Å². The van der Waals surface area contributed by atoms with E-state index in [9.17, 15) is 23.1 Å². The number of nitrogens with zero attached hydrogens (tertiary/aromatic N) is 2. The van der Waals surface area contributed by atoms with E-state index < -0.39 is 22.2 Å². The Labute approximate surface area is 234 Å². The molecule has 0 bridgehead atoms. The van der Waals surface area contributed by atoms with E-state index in [1.165, 1.54) is 17.8 Å². The van der Waals surface area contributed by atoms with Crippen LogP contribution in [-0.4, -0.2) is 79.6 Å². The quantitative estimate of drug-likeness (QED) is 0.438. The highest BCUT2D eigenvalue weighted by Crippen LogP contribution is 2.31. The van der Waals surface area contributed by atoms with Crippen molar-refractivity contribution in [3.63, 3.8) is 0 Å². The highest BCUT2D eigenvalue weighted by molar-refractivity contribution is 7.91. The number of amides is 3. The lowest BCUT2D eigenvalue weighted by molar-refractivity contribution is 0.0387. The van der Waals surface area contributed by atoms with Crippen LogP contribution in [0.25, 0.3) is 0 Å². The molecule has 39 heavy (non-hydrogen) atoms. The second kappa shape index (κ2) is 12.7. The van der Waals surface area contributed by atoms with Gasteiger partial charge in [-0.05, 0) is 49.4 Å². The number of hydrogen-bond donors (Lipinski definition) is 3. The molecular formula is C27H38N4O6S2. The van der Waals surface area contributed by atoms with E-state index in [0.29, 0.717) is 11.4 Å². The Hall–Kier alpha value is -2.67. The second-order valence-electron chi connectivity index (χ2n) is 10.5. The second-order valence-corrected chi connectivity index (χ2v) is 13.7. The molecule has 3 atom stereocenters. The Balaban J connectivity index is 1.58. The summed E-state index contributed by atoms with van der Waals surface area (Å²) >= 11 is 1.15. The Morgan fingerprint density at radius 2 is 2.00 bits per heavy atom. The molecule has 3 N–H and O–H groups in total. The highest BCUT2D eigenvalue weighted by Gasteiger charge is 2.35. The van der Waals surface area contributed by atoms with Gasteiger partial charge in [-0.1, -0.05) is 32.3 Å². The van der Waals surface area contributed by atoms with Crippen molar-refractivity contribution in [2.45, 2.75) is 68.3 Å². The fourth-order valence-electron chi connectivity index (χ4n) is 5.03. The van der Waals surface area contributed by atoms with E-state index in [-0.39, 0.29) is 53.4 Å². The van der Waals surface area contributed by atoms with Gasteiger partial charge >= 0.3 is 6.03 Å². The molecule has 1 aromatic heterocycles. The number of carbonyl (C=O) groups excluding carboxylic acids is 2. The number of thiophene rings is 1. The van der Waals surface area contributed by atoms with E-state index >= 15 is 0 Å². The van der Waals surface area contributed by atoms with Gasteiger partial charge in [-0.3, -0.25) is 4.79 Å². The number of benzene rings is 1. The minimum Gasteiger partial charge on any atom is -0.488 e. The topological polar surface area (TPSA) is 128 Å². The summed E-state index contributed by atoms with van der Waals surface area (Å²) in [5.74, 6) is -0.268. The van der Waals surface area contributed by atoms with E-state index in [4.69, 9.17) is 4.74 Å². The van der Waals surface area contributed by atoms with Crippen LogP contribution in [0.3, 0.4) is 0 Å². The van der Waals surface area contributed by atoms with Gasteiger partial charge in [0.25, 0.3) is 15.9 Å². The average molecular weight is 579 g/mol. The van der Waals surface area contributed by atoms with Crippen LogP contribution in [0.4, 0.5) is 10.5 Å². The molecule has 0 spiro atoms. The van der Waals surface area contributed by atoms with E-state index in [1.807, 2.05) is 6.92 Å². The van der Waals surface area contributed by atoms with E-state index in [0.717, 1.165) is 37.0 Å². The molecule has 1 aromatic carbocycles. The van der Waals surface area contributed by atoms with Gasteiger partial charge in [-0.15, -0.1) is 11.3 Å². The van der Waals surface area contributed by atoms with Crippen LogP contribution in [0.5, 0.6) is 5.75 Å². The Bertz CT molecular complexity index is 1250. The lowest BCUT2D eigenvalue weighted by Crippen LogP contribution is -2.50. The van der Waals surface area contributed by atoms with Crippen LogP contribution < -0.4 is 15.4 Å². The lowest BCUT2D eigenvalue weighted by Gasteiger charge is -2.38. The van der Waals surface area contributed by atoms with Gasteiger partial charge in [0.05, 0.1) is 24.8 Å². The van der Waals surface area contributed by atoms with Crippen molar-refractivity contribution in [1.29, 1.82) is 0 Å². The number of sulfonamides is 1. The number of aliphatic hydroxyl groups excluding tert-OH is 1. The van der Waals surface area contributed by atoms with Crippen molar-refractivity contribution >= 4 is 39.0 Å². The first-order valence-corrected chi connectivity index (χ1v) is 15.7. The normalized spacial score (nSPS) is 21.5. The zero-order valence-corrected chi connectivity index (χ0v) is 24.3. The summed E-state index contributed by atoms with van der Waals surface area (Å²) in [6.07, 6.45) is 4.71. The Kier molecular flexibility index (Phi) is 9.52. The van der Waals surface area contributed by atoms with Gasteiger partial charge in [0.1, 0.15) is 16.1 Å². The van der Waals surface area contributed by atoms with Crippen molar-refractivity contribution in [2.75, 3.05) is 32.1 Å². The number of urea groups is 1. The molecule has 0 radical (unpaired) electrons. The van der Waals surface area contributed by atoms with Crippen LogP contribution in [0.2, 0.25) is 0 Å². The molecule has 1 aliphatic carbocycles. The van der Waals surface area contributed by atoms with Crippen molar-refractivity contribution < 1.29 is 27.9 Å². The van der Waals surface area contributed by atoms with Crippen molar-refractivity contribution in [3.05, 3.63) is 41.3 Å². The van der Waals surface area contributed by atoms with Crippen LogP contribution in [0.15, 0.2) is 39.9 Å². The zero-order valence-electron chi connectivity index (χ0n) is 22.6. The number of hydrogen-bond acceptors (Lipinski definition) is 7. The minimum atomic E-state index is -3.70. The number of ether oxygens (including phenoxy) is 1. The van der Waals surface area contributed by atoms with Crippen molar-refractivity contribution in [2.24, 2.45) is 5.92 Å². The molecule has 1 unspecified atom stereocenters. The van der Waals surface area contributed by atoms with Crippen molar-refractivity contribution in [3.8, 4) is 5.75 Å². The Morgan fingerprint density at radius 1 is 1.26 bits per heavy atom. The molecule has 0 saturated heterocycles.